The van der Waals surface area contributed by atoms with Crippen LogP contribution in [-0.2, 0) is 14.2 Å². The maximum Gasteiger partial charge on any atom is 0.0602 e. The Morgan fingerprint density at radius 2 is 1.45 bits per heavy atom. The Labute approximate surface area is 180 Å². The molecule has 0 aromatic heterocycles. The number of ether oxygens (including phenoxy) is 3. The molecule has 1 spiro atoms. The first-order valence-corrected chi connectivity index (χ1v) is 12.1. The minimum absolute atomic E-state index is 0.00565. The van der Waals surface area contributed by atoms with E-state index in [9.17, 15) is 0 Å². The van der Waals surface area contributed by atoms with Crippen molar-refractivity contribution >= 4 is 0 Å². The van der Waals surface area contributed by atoms with Gasteiger partial charge in [-0.3, -0.25) is 0 Å². The summed E-state index contributed by atoms with van der Waals surface area (Å²) < 4.78 is 17.9. The lowest BCUT2D eigenvalue weighted by Gasteiger charge is -2.59. The predicted molar refractivity (Wildman–Crippen MR) is 119 cm³/mol. The Bertz CT molecular complexity index is 487. The first-order chi connectivity index (χ1) is 13.5. The lowest BCUT2D eigenvalue weighted by Crippen LogP contribution is -2.64. The Balaban J connectivity index is 1.07. The van der Waals surface area contributed by atoms with Crippen molar-refractivity contribution in [1.82, 2.24) is 4.90 Å². The third kappa shape index (κ3) is 7.19. The first kappa shape index (κ1) is 23.5. The third-order valence-electron chi connectivity index (χ3n) is 7.08. The molecule has 0 aromatic carbocycles. The van der Waals surface area contributed by atoms with Crippen molar-refractivity contribution in [3.05, 3.63) is 0 Å². The van der Waals surface area contributed by atoms with Gasteiger partial charge in [0.05, 0.1) is 17.8 Å². The second kappa shape index (κ2) is 9.54. The van der Waals surface area contributed by atoms with Crippen LogP contribution in [0.4, 0.5) is 0 Å². The molecule has 4 heteroatoms. The molecule has 3 fully saturated rings. The van der Waals surface area contributed by atoms with Gasteiger partial charge in [-0.1, -0.05) is 20.8 Å². The standard InChI is InChI=1S/C25H47NO3/c1-23(2,3)20-14-21(15-20)28-13-8-7-11-27-12-9-10-26-18-25(19-26)16-22(17-25)29-24(4,5)6/h20-22H,7-19H2,1-6H3. The summed E-state index contributed by atoms with van der Waals surface area (Å²) in [5.74, 6) is 0.847. The lowest BCUT2D eigenvalue weighted by molar-refractivity contribution is -0.186. The van der Waals surface area contributed by atoms with Crippen molar-refractivity contribution < 1.29 is 14.2 Å². The Morgan fingerprint density at radius 1 is 0.828 bits per heavy atom. The highest BCUT2D eigenvalue weighted by molar-refractivity contribution is 5.05. The molecular weight excluding hydrogens is 362 g/mol. The summed E-state index contributed by atoms with van der Waals surface area (Å²) in [6.45, 7) is 19.9. The van der Waals surface area contributed by atoms with Crippen LogP contribution in [0.1, 0.15) is 86.5 Å². The number of hydrogen-bond donors (Lipinski definition) is 0. The fraction of sp³-hybridized carbons (Fsp3) is 1.00. The summed E-state index contributed by atoms with van der Waals surface area (Å²) in [6.07, 6.45) is 9.45. The second-order valence-corrected chi connectivity index (χ2v) is 12.2. The SMILES string of the molecule is CC(C)(C)OC1CC2(C1)CN(CCCOCCCCOC1CC(C(C)(C)C)C1)C2. The Morgan fingerprint density at radius 3 is 2.07 bits per heavy atom. The van der Waals surface area contributed by atoms with Gasteiger partial charge in [0.15, 0.2) is 0 Å². The highest BCUT2D eigenvalue weighted by atomic mass is 16.5. The molecule has 1 aliphatic heterocycles. The maximum atomic E-state index is 6.09. The van der Waals surface area contributed by atoms with E-state index in [-0.39, 0.29) is 5.60 Å². The predicted octanol–water partition coefficient (Wildman–Crippen LogP) is 5.29. The molecule has 2 aliphatic carbocycles. The molecule has 0 amide bonds. The van der Waals surface area contributed by atoms with Gasteiger partial charge in [-0.2, -0.15) is 0 Å². The molecule has 3 rings (SSSR count). The number of rotatable bonds is 11. The molecule has 29 heavy (non-hydrogen) atoms. The number of likely N-dealkylation sites (tertiary alicyclic amines) is 1. The first-order valence-electron chi connectivity index (χ1n) is 12.1. The van der Waals surface area contributed by atoms with Gasteiger partial charge in [-0.05, 0) is 77.0 Å². The van der Waals surface area contributed by atoms with Crippen LogP contribution in [0.2, 0.25) is 0 Å². The van der Waals surface area contributed by atoms with E-state index >= 15 is 0 Å². The quantitative estimate of drug-likeness (QED) is 0.434. The molecule has 3 aliphatic rings. The monoisotopic (exact) mass is 409 g/mol. The van der Waals surface area contributed by atoms with E-state index in [1.54, 1.807) is 0 Å². The number of hydrogen-bond acceptors (Lipinski definition) is 4. The minimum atomic E-state index is 0.00565. The van der Waals surface area contributed by atoms with E-state index < -0.39 is 0 Å². The minimum Gasteiger partial charge on any atom is -0.381 e. The van der Waals surface area contributed by atoms with Gasteiger partial charge in [0.25, 0.3) is 0 Å². The smallest absolute Gasteiger partial charge is 0.0602 e. The van der Waals surface area contributed by atoms with Gasteiger partial charge < -0.3 is 19.1 Å². The van der Waals surface area contributed by atoms with Gasteiger partial charge in [-0.15, -0.1) is 0 Å². The van der Waals surface area contributed by atoms with E-state index in [2.05, 4.69) is 46.4 Å². The van der Waals surface area contributed by atoms with E-state index in [0.29, 0.717) is 23.0 Å². The molecule has 0 radical (unpaired) electrons. The summed E-state index contributed by atoms with van der Waals surface area (Å²) in [4.78, 5) is 2.59. The molecule has 1 heterocycles. The summed E-state index contributed by atoms with van der Waals surface area (Å²) in [5, 5.41) is 0. The highest BCUT2D eigenvalue weighted by Gasteiger charge is 2.53. The molecule has 4 nitrogen and oxygen atoms in total. The van der Waals surface area contributed by atoms with E-state index in [1.165, 1.54) is 45.3 Å². The van der Waals surface area contributed by atoms with Crippen molar-refractivity contribution in [2.45, 2.75) is 104 Å². The van der Waals surface area contributed by atoms with Crippen LogP contribution in [0, 0.1) is 16.7 Å². The van der Waals surface area contributed by atoms with Gasteiger partial charge in [0.1, 0.15) is 0 Å². The third-order valence-corrected chi connectivity index (χ3v) is 7.08. The van der Waals surface area contributed by atoms with E-state index in [1.807, 2.05) is 0 Å². The van der Waals surface area contributed by atoms with Crippen LogP contribution >= 0.6 is 0 Å². The van der Waals surface area contributed by atoms with Gasteiger partial charge in [0, 0.05) is 44.9 Å². The van der Waals surface area contributed by atoms with Gasteiger partial charge in [0.2, 0.25) is 0 Å². The topological polar surface area (TPSA) is 30.9 Å². The summed E-state index contributed by atoms with van der Waals surface area (Å²) in [5.41, 5.74) is 1.04. The van der Waals surface area contributed by atoms with Crippen LogP contribution in [-0.4, -0.2) is 62.2 Å². The van der Waals surface area contributed by atoms with Crippen LogP contribution in [0.5, 0.6) is 0 Å². The van der Waals surface area contributed by atoms with Gasteiger partial charge in [-0.25, -0.2) is 0 Å². The highest BCUT2D eigenvalue weighted by Crippen LogP contribution is 2.50. The molecule has 170 valence electrons. The maximum absolute atomic E-state index is 6.09. The largest absolute Gasteiger partial charge is 0.381 e. The lowest BCUT2D eigenvalue weighted by atomic mass is 9.61. The van der Waals surface area contributed by atoms with Crippen LogP contribution in [0.15, 0.2) is 0 Å². The molecule has 0 unspecified atom stereocenters. The van der Waals surface area contributed by atoms with Gasteiger partial charge >= 0.3 is 0 Å². The molecular formula is C25H47NO3. The van der Waals surface area contributed by atoms with E-state index in [4.69, 9.17) is 14.2 Å². The van der Waals surface area contributed by atoms with Crippen LogP contribution < -0.4 is 0 Å². The van der Waals surface area contributed by atoms with Crippen LogP contribution in [0.25, 0.3) is 0 Å². The average Bonchev–Trinajstić information content (AvgIpc) is 2.47. The molecule has 0 bridgehead atoms. The molecule has 2 saturated carbocycles. The molecule has 0 aromatic rings. The Hall–Kier alpha value is -0.160. The van der Waals surface area contributed by atoms with Crippen molar-refractivity contribution in [3.8, 4) is 0 Å². The van der Waals surface area contributed by atoms with E-state index in [0.717, 1.165) is 45.0 Å². The summed E-state index contributed by atoms with van der Waals surface area (Å²) in [7, 11) is 0. The number of unbranched alkanes of at least 4 members (excludes halogenated alkanes) is 1. The van der Waals surface area contributed by atoms with Crippen molar-refractivity contribution in [2.24, 2.45) is 16.7 Å². The van der Waals surface area contributed by atoms with Crippen molar-refractivity contribution in [1.29, 1.82) is 0 Å². The fourth-order valence-electron chi connectivity index (χ4n) is 5.27. The Kier molecular flexibility index (Phi) is 7.73. The normalized spacial score (nSPS) is 27.5. The fourth-order valence-corrected chi connectivity index (χ4v) is 5.27. The number of nitrogens with zero attached hydrogens (tertiary/aromatic N) is 1. The average molecular weight is 410 g/mol. The zero-order valence-electron chi connectivity index (χ0n) is 20.1. The zero-order valence-corrected chi connectivity index (χ0v) is 20.1. The molecule has 0 N–H and O–H groups in total. The summed E-state index contributed by atoms with van der Waals surface area (Å²) in [6, 6.07) is 0. The van der Waals surface area contributed by atoms with Crippen molar-refractivity contribution in [2.75, 3.05) is 39.5 Å². The molecule has 0 atom stereocenters. The molecule has 1 saturated heterocycles. The van der Waals surface area contributed by atoms with Crippen LogP contribution in [0.3, 0.4) is 0 Å². The zero-order chi connectivity index (χ0) is 21.1. The summed E-state index contributed by atoms with van der Waals surface area (Å²) >= 11 is 0. The van der Waals surface area contributed by atoms with Crippen molar-refractivity contribution in [3.63, 3.8) is 0 Å². The second-order valence-electron chi connectivity index (χ2n) is 12.2.